The van der Waals surface area contributed by atoms with Crippen molar-refractivity contribution in [2.45, 2.75) is 6.42 Å². The van der Waals surface area contributed by atoms with Gasteiger partial charge in [0.2, 0.25) is 0 Å². The Morgan fingerprint density at radius 2 is 2.33 bits per heavy atom. The number of anilines is 1. The molecular weight excluding hydrogens is 252 g/mol. The molecule has 0 aromatic carbocycles. The Kier molecular flexibility index (Phi) is 3.72. The van der Waals surface area contributed by atoms with Crippen molar-refractivity contribution >= 4 is 24.1 Å². The van der Waals surface area contributed by atoms with Crippen molar-refractivity contribution in [3.63, 3.8) is 0 Å². The minimum absolute atomic E-state index is 0.00838. The van der Waals surface area contributed by atoms with Gasteiger partial charge in [-0.1, -0.05) is 11.6 Å². The molecule has 0 saturated carbocycles. The summed E-state index contributed by atoms with van der Waals surface area (Å²) in [6.45, 7) is 5.04. The summed E-state index contributed by atoms with van der Waals surface area (Å²) < 4.78 is 0. The van der Waals surface area contributed by atoms with Crippen LogP contribution in [0, 0.1) is 0 Å². The second-order valence-electron chi connectivity index (χ2n) is 3.98. The molecule has 2 heterocycles. The molecule has 0 radical (unpaired) electrons. The number of hydrogen-bond donors (Lipinski definition) is 2. The summed E-state index contributed by atoms with van der Waals surface area (Å²) in [6, 6.07) is 3.29. The summed E-state index contributed by atoms with van der Waals surface area (Å²) in [5.41, 5.74) is 2.01. The zero-order valence-electron chi connectivity index (χ0n) is 10.1. The molecule has 0 saturated heterocycles. The quantitative estimate of drug-likeness (QED) is 0.647. The first kappa shape index (κ1) is 12.7. The van der Waals surface area contributed by atoms with Gasteiger partial charge in [-0.25, -0.2) is 4.98 Å². The van der Waals surface area contributed by atoms with E-state index in [1.54, 1.807) is 12.1 Å². The smallest absolute Gasteiger partial charge is 0.173 e. The fourth-order valence-electron chi connectivity index (χ4n) is 1.95. The van der Waals surface area contributed by atoms with Crippen LogP contribution in [0.5, 0.6) is 5.75 Å². The molecular formula is C12H15ClN4O. The summed E-state index contributed by atoms with van der Waals surface area (Å²) in [6.07, 6.45) is 0.852. The standard InChI is InChI=1S/C12H15ClN4O/c1-14-8-5-6-17(7-9(8)15-2)11-4-3-10(18)12(13)16-11/h3-4,14,18H,2,5-7H2,1H3. The van der Waals surface area contributed by atoms with E-state index >= 15 is 0 Å². The van der Waals surface area contributed by atoms with Crippen molar-refractivity contribution in [1.82, 2.24) is 10.3 Å². The van der Waals surface area contributed by atoms with Crippen LogP contribution in [0.4, 0.5) is 5.82 Å². The highest BCUT2D eigenvalue weighted by Gasteiger charge is 2.19. The third kappa shape index (κ3) is 2.41. The Hall–Kier alpha value is -1.75. The van der Waals surface area contributed by atoms with Gasteiger partial charge in [0.15, 0.2) is 10.9 Å². The molecule has 96 valence electrons. The molecule has 5 nitrogen and oxygen atoms in total. The Morgan fingerprint density at radius 1 is 1.56 bits per heavy atom. The highest BCUT2D eigenvalue weighted by atomic mass is 35.5. The molecule has 0 amide bonds. The topological polar surface area (TPSA) is 60.8 Å². The Morgan fingerprint density at radius 3 is 2.94 bits per heavy atom. The molecule has 0 atom stereocenters. The van der Waals surface area contributed by atoms with Crippen LogP contribution in [0.15, 0.2) is 28.5 Å². The number of pyridine rings is 1. The SMILES string of the molecule is C=NC1=C(NC)CCN(c2ccc(O)c(Cl)n2)C1. The lowest BCUT2D eigenvalue weighted by molar-refractivity contribution is 0.473. The molecule has 2 rings (SSSR count). The van der Waals surface area contributed by atoms with Crippen molar-refractivity contribution in [2.75, 3.05) is 25.0 Å². The normalized spacial score (nSPS) is 15.8. The van der Waals surface area contributed by atoms with Gasteiger partial charge in [-0.3, -0.25) is 4.99 Å². The Labute approximate surface area is 111 Å². The zero-order valence-corrected chi connectivity index (χ0v) is 10.9. The predicted molar refractivity (Wildman–Crippen MR) is 73.4 cm³/mol. The van der Waals surface area contributed by atoms with Gasteiger partial charge in [-0.15, -0.1) is 0 Å². The number of halogens is 1. The second kappa shape index (κ2) is 5.27. The van der Waals surface area contributed by atoms with Crippen molar-refractivity contribution in [3.8, 4) is 5.75 Å². The lowest BCUT2D eigenvalue weighted by atomic mass is 10.1. The molecule has 1 aliphatic heterocycles. The fourth-order valence-corrected chi connectivity index (χ4v) is 2.10. The second-order valence-corrected chi connectivity index (χ2v) is 4.34. The van der Waals surface area contributed by atoms with Crippen LogP contribution in [-0.4, -0.2) is 36.9 Å². The number of aliphatic imine (C=N–C) groups is 1. The lowest BCUT2D eigenvalue weighted by Gasteiger charge is -2.30. The van der Waals surface area contributed by atoms with Gasteiger partial charge < -0.3 is 15.3 Å². The first-order valence-corrected chi connectivity index (χ1v) is 6.00. The molecule has 1 aromatic heterocycles. The van der Waals surface area contributed by atoms with E-state index in [9.17, 15) is 5.11 Å². The Balaban J connectivity index is 2.24. The van der Waals surface area contributed by atoms with E-state index in [-0.39, 0.29) is 10.9 Å². The van der Waals surface area contributed by atoms with Gasteiger partial charge >= 0.3 is 0 Å². The summed E-state index contributed by atoms with van der Waals surface area (Å²) in [7, 11) is 1.88. The highest BCUT2D eigenvalue weighted by Crippen LogP contribution is 2.27. The number of rotatable bonds is 3. The molecule has 2 N–H and O–H groups in total. The summed E-state index contributed by atoms with van der Waals surface area (Å²) in [5.74, 6) is 0.722. The molecule has 1 aromatic rings. The van der Waals surface area contributed by atoms with E-state index in [0.29, 0.717) is 6.54 Å². The van der Waals surface area contributed by atoms with Crippen molar-refractivity contribution in [1.29, 1.82) is 0 Å². The van der Waals surface area contributed by atoms with Gasteiger partial charge in [0.25, 0.3) is 0 Å². The summed E-state index contributed by atoms with van der Waals surface area (Å²) in [5, 5.41) is 12.6. The first-order valence-electron chi connectivity index (χ1n) is 5.62. The highest BCUT2D eigenvalue weighted by molar-refractivity contribution is 6.30. The van der Waals surface area contributed by atoms with Gasteiger partial charge in [-0.05, 0) is 18.9 Å². The predicted octanol–water partition coefficient (Wildman–Crippen LogP) is 1.78. The maximum absolute atomic E-state index is 9.36. The average molecular weight is 267 g/mol. The molecule has 0 spiro atoms. The number of nitrogens with one attached hydrogen (secondary N) is 1. The van der Waals surface area contributed by atoms with Gasteiger partial charge in [0, 0.05) is 25.7 Å². The van der Waals surface area contributed by atoms with E-state index in [4.69, 9.17) is 11.6 Å². The van der Waals surface area contributed by atoms with Gasteiger partial charge in [0.1, 0.15) is 5.82 Å². The van der Waals surface area contributed by atoms with Crippen LogP contribution >= 0.6 is 11.6 Å². The van der Waals surface area contributed by atoms with Crippen LogP contribution in [-0.2, 0) is 0 Å². The van der Waals surface area contributed by atoms with Crippen LogP contribution in [0.25, 0.3) is 0 Å². The zero-order chi connectivity index (χ0) is 13.1. The molecule has 0 unspecified atom stereocenters. The van der Waals surface area contributed by atoms with Crippen LogP contribution < -0.4 is 10.2 Å². The minimum atomic E-state index is -0.00838. The van der Waals surface area contributed by atoms with Crippen molar-refractivity contribution < 1.29 is 5.11 Å². The fraction of sp³-hybridized carbons (Fsp3) is 0.333. The summed E-state index contributed by atoms with van der Waals surface area (Å²) >= 11 is 5.81. The molecule has 0 bridgehead atoms. The minimum Gasteiger partial charge on any atom is -0.505 e. The number of hydrogen-bond acceptors (Lipinski definition) is 5. The molecule has 18 heavy (non-hydrogen) atoms. The number of nitrogens with zero attached hydrogens (tertiary/aromatic N) is 3. The van der Waals surface area contributed by atoms with E-state index in [2.05, 4.69) is 26.9 Å². The van der Waals surface area contributed by atoms with Gasteiger partial charge in [-0.2, -0.15) is 0 Å². The number of aromatic nitrogens is 1. The number of aromatic hydroxyl groups is 1. The maximum atomic E-state index is 9.36. The molecule has 0 aliphatic carbocycles. The monoisotopic (exact) mass is 266 g/mol. The average Bonchev–Trinajstić information content (AvgIpc) is 2.41. The third-order valence-electron chi connectivity index (χ3n) is 2.95. The molecule has 1 aliphatic rings. The van der Waals surface area contributed by atoms with Crippen molar-refractivity contribution in [3.05, 3.63) is 28.7 Å². The van der Waals surface area contributed by atoms with Crippen molar-refractivity contribution in [2.24, 2.45) is 4.99 Å². The van der Waals surface area contributed by atoms with E-state index in [1.165, 1.54) is 0 Å². The van der Waals surface area contributed by atoms with E-state index in [1.807, 2.05) is 7.05 Å². The molecule has 0 fully saturated rings. The van der Waals surface area contributed by atoms with E-state index in [0.717, 1.165) is 30.2 Å². The van der Waals surface area contributed by atoms with Crippen LogP contribution in [0.3, 0.4) is 0 Å². The van der Waals surface area contributed by atoms with Crippen LogP contribution in [0.1, 0.15) is 6.42 Å². The lowest BCUT2D eigenvalue weighted by Crippen LogP contribution is -2.34. The largest absolute Gasteiger partial charge is 0.505 e. The maximum Gasteiger partial charge on any atom is 0.173 e. The third-order valence-corrected chi connectivity index (χ3v) is 3.23. The molecule has 6 heteroatoms. The first-order chi connectivity index (χ1) is 8.65. The van der Waals surface area contributed by atoms with Gasteiger partial charge in [0.05, 0.1) is 12.2 Å². The summed E-state index contributed by atoms with van der Waals surface area (Å²) in [4.78, 5) is 10.2. The van der Waals surface area contributed by atoms with Crippen LogP contribution in [0.2, 0.25) is 5.15 Å². The van der Waals surface area contributed by atoms with E-state index < -0.39 is 0 Å². The Bertz CT molecular complexity index is 501.